The summed E-state index contributed by atoms with van der Waals surface area (Å²) in [6.07, 6.45) is 5.52. The van der Waals surface area contributed by atoms with Gasteiger partial charge in [0, 0.05) is 0 Å². The Morgan fingerprint density at radius 2 is 2.00 bits per heavy atom. The van der Waals surface area contributed by atoms with E-state index in [0.717, 1.165) is 24.8 Å². The second-order valence-electron chi connectivity index (χ2n) is 4.86. The van der Waals surface area contributed by atoms with Crippen LogP contribution in [-0.2, 0) is 9.63 Å². The summed E-state index contributed by atoms with van der Waals surface area (Å²) in [4.78, 5) is 17.6. The van der Waals surface area contributed by atoms with Gasteiger partial charge in [0.25, 0.3) is 5.91 Å². The molecule has 3 nitrogen and oxygen atoms in total. The lowest BCUT2D eigenvalue weighted by molar-refractivity contribution is -0.139. The molecule has 0 spiro atoms. The van der Waals surface area contributed by atoms with Crippen molar-refractivity contribution in [3.63, 3.8) is 0 Å². The molecule has 2 rings (SSSR count). The van der Waals surface area contributed by atoms with Gasteiger partial charge in [0.2, 0.25) is 0 Å². The third kappa shape index (κ3) is 3.33. The van der Waals surface area contributed by atoms with Crippen molar-refractivity contribution in [2.24, 2.45) is 0 Å². The maximum atomic E-state index is 12.1. The largest absolute Gasteiger partial charge is 0.272 e. The minimum Gasteiger partial charge on any atom is -0.272 e. The Morgan fingerprint density at radius 3 is 2.61 bits per heavy atom. The summed E-state index contributed by atoms with van der Waals surface area (Å²) >= 11 is 0. The molecule has 1 aliphatic rings. The van der Waals surface area contributed by atoms with E-state index >= 15 is 0 Å². The van der Waals surface area contributed by atoms with E-state index in [9.17, 15) is 4.79 Å². The van der Waals surface area contributed by atoms with Crippen molar-refractivity contribution in [2.45, 2.75) is 51.0 Å². The average molecular weight is 247 g/mol. The van der Waals surface area contributed by atoms with Gasteiger partial charge in [0.1, 0.15) is 0 Å². The Kier molecular flexibility index (Phi) is 4.76. The molecule has 1 amide bonds. The number of hydrogen-bond donors (Lipinski definition) is 1. The van der Waals surface area contributed by atoms with Crippen LogP contribution in [0.25, 0.3) is 0 Å². The monoisotopic (exact) mass is 247 g/mol. The lowest BCUT2D eigenvalue weighted by Crippen LogP contribution is -2.32. The first-order chi connectivity index (χ1) is 8.81. The Hall–Kier alpha value is -1.35. The van der Waals surface area contributed by atoms with Crippen LogP contribution in [0.3, 0.4) is 0 Å². The van der Waals surface area contributed by atoms with Gasteiger partial charge in [-0.25, -0.2) is 5.48 Å². The molecule has 0 bridgehead atoms. The second-order valence-corrected chi connectivity index (χ2v) is 4.86. The Labute approximate surface area is 108 Å². The van der Waals surface area contributed by atoms with Crippen LogP contribution in [0.2, 0.25) is 0 Å². The van der Waals surface area contributed by atoms with Crippen LogP contribution in [0.5, 0.6) is 0 Å². The van der Waals surface area contributed by atoms with Crippen molar-refractivity contribution < 1.29 is 9.63 Å². The molecular weight excluding hydrogens is 226 g/mol. The van der Waals surface area contributed by atoms with Crippen LogP contribution in [0.15, 0.2) is 30.3 Å². The summed E-state index contributed by atoms with van der Waals surface area (Å²) in [6, 6.07) is 9.86. The smallest absolute Gasteiger partial charge is 0.251 e. The average Bonchev–Trinajstić information content (AvgIpc) is 2.92. The summed E-state index contributed by atoms with van der Waals surface area (Å²) in [7, 11) is 0. The fraction of sp³-hybridized carbons (Fsp3) is 0.533. The predicted octanol–water partition coefficient (Wildman–Crippen LogP) is 3.17. The molecule has 1 saturated carbocycles. The number of rotatable bonds is 5. The second kappa shape index (κ2) is 6.55. The Balaban J connectivity index is 1.89. The molecule has 0 aromatic heterocycles. The first-order valence-corrected chi connectivity index (χ1v) is 6.81. The summed E-state index contributed by atoms with van der Waals surface area (Å²) in [5, 5.41) is 0. The fourth-order valence-corrected chi connectivity index (χ4v) is 2.48. The van der Waals surface area contributed by atoms with E-state index in [1.807, 2.05) is 37.3 Å². The summed E-state index contributed by atoms with van der Waals surface area (Å²) in [6.45, 7) is 2.02. The van der Waals surface area contributed by atoms with Crippen molar-refractivity contribution in [1.82, 2.24) is 5.48 Å². The molecule has 1 atom stereocenters. The zero-order valence-electron chi connectivity index (χ0n) is 10.9. The number of carbonyl (C=O) groups is 1. The molecule has 1 fully saturated rings. The minimum atomic E-state index is -0.118. The highest BCUT2D eigenvalue weighted by atomic mass is 16.7. The SMILES string of the molecule is CCC(C(=O)NOC1CCCC1)c1ccccc1. The maximum Gasteiger partial charge on any atom is 0.251 e. The summed E-state index contributed by atoms with van der Waals surface area (Å²) in [5.41, 5.74) is 3.68. The molecule has 0 aliphatic heterocycles. The molecule has 1 aromatic rings. The third-order valence-corrected chi connectivity index (χ3v) is 3.56. The van der Waals surface area contributed by atoms with Gasteiger partial charge >= 0.3 is 0 Å². The van der Waals surface area contributed by atoms with Crippen LogP contribution in [0, 0.1) is 0 Å². The Bertz CT molecular complexity index is 371. The van der Waals surface area contributed by atoms with Crippen LogP contribution >= 0.6 is 0 Å². The highest BCUT2D eigenvalue weighted by molar-refractivity contribution is 5.82. The number of carbonyl (C=O) groups excluding carboxylic acids is 1. The lowest BCUT2D eigenvalue weighted by Gasteiger charge is -2.17. The van der Waals surface area contributed by atoms with Gasteiger partial charge in [-0.05, 0) is 24.8 Å². The first-order valence-electron chi connectivity index (χ1n) is 6.81. The Morgan fingerprint density at radius 1 is 1.33 bits per heavy atom. The number of benzene rings is 1. The summed E-state index contributed by atoms with van der Waals surface area (Å²) in [5.74, 6) is -0.150. The predicted molar refractivity (Wildman–Crippen MR) is 71.0 cm³/mol. The van der Waals surface area contributed by atoms with E-state index in [0.29, 0.717) is 0 Å². The van der Waals surface area contributed by atoms with Crippen LogP contribution < -0.4 is 5.48 Å². The van der Waals surface area contributed by atoms with E-state index in [1.165, 1.54) is 12.8 Å². The molecule has 0 saturated heterocycles. The normalized spacial score (nSPS) is 17.6. The van der Waals surface area contributed by atoms with Crippen LogP contribution in [0.4, 0.5) is 0 Å². The van der Waals surface area contributed by atoms with E-state index in [-0.39, 0.29) is 17.9 Å². The maximum absolute atomic E-state index is 12.1. The lowest BCUT2D eigenvalue weighted by atomic mass is 9.96. The molecule has 1 unspecified atom stereocenters. The number of hydrogen-bond acceptors (Lipinski definition) is 2. The van der Waals surface area contributed by atoms with Crippen molar-refractivity contribution in [3.05, 3.63) is 35.9 Å². The van der Waals surface area contributed by atoms with Gasteiger partial charge in [0.15, 0.2) is 0 Å². The topological polar surface area (TPSA) is 38.3 Å². The molecular formula is C15H21NO2. The highest BCUT2D eigenvalue weighted by Gasteiger charge is 2.21. The number of amides is 1. The van der Waals surface area contributed by atoms with E-state index in [4.69, 9.17) is 4.84 Å². The molecule has 1 aromatic carbocycles. The number of hydroxylamine groups is 1. The molecule has 1 N–H and O–H groups in total. The zero-order valence-corrected chi connectivity index (χ0v) is 10.9. The standard InChI is InChI=1S/C15H21NO2/c1-2-14(12-8-4-3-5-9-12)15(17)16-18-13-10-6-7-11-13/h3-5,8-9,13-14H,2,6-7,10-11H2,1H3,(H,16,17). The molecule has 18 heavy (non-hydrogen) atoms. The minimum absolute atomic E-state index is 0.0319. The molecule has 1 aliphatic carbocycles. The van der Waals surface area contributed by atoms with Gasteiger partial charge in [0.05, 0.1) is 12.0 Å². The molecule has 3 heteroatoms. The quantitative estimate of drug-likeness (QED) is 0.812. The van der Waals surface area contributed by atoms with E-state index in [1.54, 1.807) is 0 Å². The molecule has 0 heterocycles. The van der Waals surface area contributed by atoms with Crippen molar-refractivity contribution >= 4 is 5.91 Å². The van der Waals surface area contributed by atoms with Gasteiger partial charge in [-0.15, -0.1) is 0 Å². The van der Waals surface area contributed by atoms with E-state index < -0.39 is 0 Å². The zero-order chi connectivity index (χ0) is 12.8. The third-order valence-electron chi connectivity index (χ3n) is 3.56. The van der Waals surface area contributed by atoms with Gasteiger partial charge in [-0.3, -0.25) is 9.63 Å². The van der Waals surface area contributed by atoms with Gasteiger partial charge in [-0.2, -0.15) is 0 Å². The highest BCUT2D eigenvalue weighted by Crippen LogP contribution is 2.22. The van der Waals surface area contributed by atoms with Crippen molar-refractivity contribution in [2.75, 3.05) is 0 Å². The van der Waals surface area contributed by atoms with Crippen LogP contribution in [-0.4, -0.2) is 12.0 Å². The first kappa shape index (κ1) is 13.1. The van der Waals surface area contributed by atoms with Gasteiger partial charge in [-0.1, -0.05) is 50.1 Å². The van der Waals surface area contributed by atoms with Crippen molar-refractivity contribution in [3.8, 4) is 0 Å². The molecule has 98 valence electrons. The van der Waals surface area contributed by atoms with Crippen molar-refractivity contribution in [1.29, 1.82) is 0 Å². The van der Waals surface area contributed by atoms with E-state index in [2.05, 4.69) is 5.48 Å². The molecule has 0 radical (unpaired) electrons. The fourth-order valence-electron chi connectivity index (χ4n) is 2.48. The van der Waals surface area contributed by atoms with Gasteiger partial charge < -0.3 is 0 Å². The number of nitrogens with one attached hydrogen (secondary N) is 1. The summed E-state index contributed by atoms with van der Waals surface area (Å²) < 4.78 is 0. The van der Waals surface area contributed by atoms with Crippen LogP contribution in [0.1, 0.15) is 50.5 Å².